The van der Waals surface area contributed by atoms with Gasteiger partial charge in [0, 0.05) is 56.8 Å². The Balaban J connectivity index is 1.04. The Hall–Kier alpha value is -3.03. The van der Waals surface area contributed by atoms with E-state index in [1.807, 2.05) is 24.5 Å². The highest BCUT2D eigenvalue weighted by Crippen LogP contribution is 2.50. The molecule has 4 aliphatic rings. The first-order chi connectivity index (χ1) is 20.6. The number of aromatic nitrogens is 4. The van der Waals surface area contributed by atoms with Gasteiger partial charge in [0.25, 0.3) is 0 Å². The number of pyridine rings is 2. The Morgan fingerprint density at radius 2 is 2.05 bits per heavy atom. The van der Waals surface area contributed by atoms with Gasteiger partial charge in [-0.25, -0.2) is 15.0 Å². The molecule has 42 heavy (non-hydrogen) atoms. The molecule has 0 saturated carbocycles. The predicted molar refractivity (Wildman–Crippen MR) is 158 cm³/mol. The number of piperidine rings is 1. The highest BCUT2D eigenvalue weighted by molar-refractivity contribution is 7.99. The number of fused-ring (bicyclic) bond motifs is 4. The molecule has 1 unspecified atom stereocenters. The maximum Gasteiger partial charge on any atom is 0.175 e. The molecule has 0 amide bonds. The average molecular weight is 592 g/mol. The first kappa shape index (κ1) is 27.8. The molecule has 2 saturated heterocycles. The molecule has 0 radical (unpaired) electrons. The van der Waals surface area contributed by atoms with Gasteiger partial charge in [-0.2, -0.15) is 0 Å². The van der Waals surface area contributed by atoms with Crippen molar-refractivity contribution in [2.75, 3.05) is 56.6 Å². The number of aliphatic hydroxyl groups excluding tert-OH is 1. The van der Waals surface area contributed by atoms with Gasteiger partial charge >= 0.3 is 0 Å². The van der Waals surface area contributed by atoms with Gasteiger partial charge in [-0.15, -0.1) is 0 Å². The molecule has 7 rings (SSSR count). The normalized spacial score (nSPS) is 23.9. The van der Waals surface area contributed by atoms with Gasteiger partial charge in [0.15, 0.2) is 17.4 Å². The molecule has 6 heterocycles. The third-order valence-corrected chi connectivity index (χ3v) is 10.2. The molecule has 2 fully saturated rings. The number of aliphatic hydroxyl groups is 1. The molecule has 3 N–H and O–H groups in total. The third kappa shape index (κ3) is 4.98. The van der Waals surface area contributed by atoms with Crippen LogP contribution in [-0.4, -0.2) is 77.8 Å². The lowest BCUT2D eigenvalue weighted by Crippen LogP contribution is -2.45. The number of rotatable bonds is 8. The van der Waals surface area contributed by atoms with Crippen LogP contribution in [0.25, 0.3) is 0 Å². The fraction of sp³-hybridized carbons (Fsp3) is 0.533. The lowest BCUT2D eigenvalue weighted by molar-refractivity contribution is -0.0414. The van der Waals surface area contributed by atoms with Gasteiger partial charge in [-0.3, -0.25) is 4.98 Å². The fourth-order valence-electron chi connectivity index (χ4n) is 7.11. The van der Waals surface area contributed by atoms with E-state index in [0.717, 1.165) is 73.3 Å². The maximum atomic E-state index is 10.3. The first-order valence-corrected chi connectivity index (χ1v) is 15.4. The SMILES string of the molecule is COCOCC1C[C@@H]2COc3c(Sc4cnc(N5CCC6(CC5)Cc5ncccc5[C@H]6N)c(CO)n4)ccnc3N2C1. The summed E-state index contributed by atoms with van der Waals surface area (Å²) in [6.45, 7) is 3.90. The van der Waals surface area contributed by atoms with E-state index in [2.05, 4.69) is 25.8 Å². The summed E-state index contributed by atoms with van der Waals surface area (Å²) >= 11 is 1.49. The van der Waals surface area contributed by atoms with E-state index in [1.165, 1.54) is 17.3 Å². The number of methoxy groups -OCH3 is 1. The lowest BCUT2D eigenvalue weighted by atomic mass is 9.73. The van der Waals surface area contributed by atoms with Crippen LogP contribution in [0.15, 0.2) is 46.7 Å². The summed E-state index contributed by atoms with van der Waals surface area (Å²) in [5, 5.41) is 11.0. The minimum absolute atomic E-state index is 0.00440. The second-order valence-corrected chi connectivity index (χ2v) is 12.8. The molecular weight excluding hydrogens is 554 g/mol. The zero-order valence-corrected chi connectivity index (χ0v) is 24.6. The number of hydrogen-bond donors (Lipinski definition) is 2. The molecule has 3 aliphatic heterocycles. The van der Waals surface area contributed by atoms with Crippen molar-refractivity contribution < 1.29 is 19.3 Å². The largest absolute Gasteiger partial charge is 0.486 e. The molecule has 3 aromatic heterocycles. The predicted octanol–water partition coefficient (Wildman–Crippen LogP) is 2.96. The molecule has 0 bridgehead atoms. The van der Waals surface area contributed by atoms with Crippen molar-refractivity contribution in [3.8, 4) is 5.75 Å². The van der Waals surface area contributed by atoms with Crippen LogP contribution in [0, 0.1) is 11.3 Å². The fourth-order valence-corrected chi connectivity index (χ4v) is 7.97. The number of nitrogens with two attached hydrogens (primary N) is 1. The Morgan fingerprint density at radius 3 is 2.86 bits per heavy atom. The summed E-state index contributed by atoms with van der Waals surface area (Å²) in [5.41, 5.74) is 9.67. The van der Waals surface area contributed by atoms with Crippen LogP contribution < -0.4 is 20.3 Å². The molecule has 1 aliphatic carbocycles. The molecule has 3 aromatic rings. The van der Waals surface area contributed by atoms with E-state index < -0.39 is 0 Å². The van der Waals surface area contributed by atoms with Crippen molar-refractivity contribution in [3.05, 3.63) is 53.7 Å². The van der Waals surface area contributed by atoms with Crippen molar-refractivity contribution >= 4 is 23.4 Å². The third-order valence-electron chi connectivity index (χ3n) is 9.26. The quantitative estimate of drug-likeness (QED) is 0.295. The molecular formula is C30H37N7O4S. The van der Waals surface area contributed by atoms with Crippen LogP contribution in [-0.2, 0) is 22.5 Å². The number of hydrogen-bond acceptors (Lipinski definition) is 12. The van der Waals surface area contributed by atoms with Gasteiger partial charge in [0.2, 0.25) is 0 Å². The smallest absolute Gasteiger partial charge is 0.175 e. The topological polar surface area (TPSA) is 132 Å². The first-order valence-electron chi connectivity index (χ1n) is 14.6. The zero-order valence-electron chi connectivity index (χ0n) is 23.8. The molecule has 12 heteroatoms. The van der Waals surface area contributed by atoms with Crippen LogP contribution in [0.1, 0.15) is 42.3 Å². The van der Waals surface area contributed by atoms with Crippen molar-refractivity contribution in [3.63, 3.8) is 0 Å². The number of nitrogens with zero attached hydrogens (tertiary/aromatic N) is 6. The van der Waals surface area contributed by atoms with E-state index in [4.69, 9.17) is 29.9 Å². The highest BCUT2D eigenvalue weighted by atomic mass is 32.2. The van der Waals surface area contributed by atoms with Gasteiger partial charge in [-0.1, -0.05) is 17.8 Å². The van der Waals surface area contributed by atoms with E-state index in [-0.39, 0.29) is 24.1 Å². The van der Waals surface area contributed by atoms with E-state index in [0.29, 0.717) is 36.6 Å². The molecule has 222 valence electrons. The second-order valence-electron chi connectivity index (χ2n) is 11.7. The summed E-state index contributed by atoms with van der Waals surface area (Å²) in [6.07, 6.45) is 9.29. The van der Waals surface area contributed by atoms with E-state index in [9.17, 15) is 5.11 Å². The average Bonchev–Trinajstić information content (AvgIpc) is 3.56. The van der Waals surface area contributed by atoms with Crippen LogP contribution >= 0.6 is 11.8 Å². The monoisotopic (exact) mass is 591 g/mol. The minimum Gasteiger partial charge on any atom is -0.486 e. The van der Waals surface area contributed by atoms with E-state index in [1.54, 1.807) is 13.3 Å². The van der Waals surface area contributed by atoms with Gasteiger partial charge < -0.3 is 34.9 Å². The summed E-state index contributed by atoms with van der Waals surface area (Å²) in [4.78, 5) is 24.4. The van der Waals surface area contributed by atoms with Crippen LogP contribution in [0.4, 0.5) is 11.6 Å². The van der Waals surface area contributed by atoms with Gasteiger partial charge in [0.05, 0.1) is 30.3 Å². The van der Waals surface area contributed by atoms with Crippen molar-refractivity contribution in [1.29, 1.82) is 0 Å². The van der Waals surface area contributed by atoms with E-state index >= 15 is 0 Å². The number of anilines is 2. The highest BCUT2D eigenvalue weighted by Gasteiger charge is 2.47. The second kappa shape index (κ2) is 11.6. The summed E-state index contributed by atoms with van der Waals surface area (Å²) in [5.74, 6) is 2.79. The lowest BCUT2D eigenvalue weighted by Gasteiger charge is -2.42. The molecule has 3 atom stereocenters. The Morgan fingerprint density at radius 1 is 1.17 bits per heavy atom. The Labute approximate surface area is 249 Å². The minimum atomic E-state index is -0.180. The summed E-state index contributed by atoms with van der Waals surface area (Å²) in [6, 6.07) is 6.34. The standard InChI is InChI=1S/C30H37N7O4S/c1-39-18-40-16-19-11-20-17-41-26-24(4-8-33-29(26)37(20)14-19)42-25-13-34-28(23(15-38)35-25)36-9-5-30(6-10-36)12-22-21(27(30)31)3-2-7-32-22/h2-4,7-8,13,19-20,27,38H,5-6,9-12,14-18,31H2,1H3/t19?,20-,27-/m1/s1. The Kier molecular flexibility index (Phi) is 7.65. The maximum absolute atomic E-state index is 10.3. The molecule has 11 nitrogen and oxygen atoms in total. The van der Waals surface area contributed by atoms with Crippen LogP contribution in [0.5, 0.6) is 5.75 Å². The summed E-state index contributed by atoms with van der Waals surface area (Å²) < 4.78 is 16.9. The van der Waals surface area contributed by atoms with Crippen molar-refractivity contribution in [1.82, 2.24) is 19.9 Å². The zero-order chi connectivity index (χ0) is 28.7. The van der Waals surface area contributed by atoms with Gasteiger partial charge in [-0.05, 0) is 48.8 Å². The molecule has 0 aromatic carbocycles. The summed E-state index contributed by atoms with van der Waals surface area (Å²) in [7, 11) is 1.64. The van der Waals surface area contributed by atoms with Crippen LogP contribution in [0.3, 0.4) is 0 Å². The number of ether oxygens (including phenoxy) is 3. The van der Waals surface area contributed by atoms with Crippen molar-refractivity contribution in [2.45, 2.75) is 54.3 Å². The van der Waals surface area contributed by atoms with Crippen LogP contribution in [0.2, 0.25) is 0 Å². The molecule has 1 spiro atoms. The van der Waals surface area contributed by atoms with Crippen molar-refractivity contribution in [2.24, 2.45) is 17.1 Å². The Bertz CT molecular complexity index is 1440. The van der Waals surface area contributed by atoms with Gasteiger partial charge in [0.1, 0.15) is 24.1 Å².